The van der Waals surface area contributed by atoms with Crippen LogP contribution in [0, 0.1) is 10.6 Å². The summed E-state index contributed by atoms with van der Waals surface area (Å²) in [6.45, 7) is 4.22. The van der Waals surface area contributed by atoms with Crippen LogP contribution in [0.25, 0.3) is 0 Å². The molecule has 0 atom stereocenters. The third kappa shape index (κ3) is 3.19. The third-order valence-corrected chi connectivity index (χ3v) is 3.48. The maximum absolute atomic E-state index is 12.8. The molecule has 0 aliphatic rings. The van der Waals surface area contributed by atoms with Crippen LogP contribution < -0.4 is 0 Å². The largest absolute Gasteiger partial charge is 0.250 e. The minimum Gasteiger partial charge on any atom is -0.250 e. The van der Waals surface area contributed by atoms with E-state index in [4.69, 9.17) is 12.2 Å². The Hall–Kier alpha value is -1.82. The van der Waals surface area contributed by atoms with Gasteiger partial charge in [-0.2, -0.15) is 14.9 Å². The van der Waals surface area contributed by atoms with E-state index in [1.807, 2.05) is 0 Å². The van der Waals surface area contributed by atoms with Crippen LogP contribution in [0.4, 0.5) is 4.39 Å². The molecule has 20 heavy (non-hydrogen) atoms. The summed E-state index contributed by atoms with van der Waals surface area (Å²) >= 11 is 5.20. The topological polar surface area (TPSA) is 46.0 Å². The molecule has 0 saturated heterocycles. The van der Waals surface area contributed by atoms with Gasteiger partial charge in [-0.1, -0.05) is 26.0 Å². The monoisotopic (exact) mass is 292 g/mol. The number of rotatable bonds is 5. The number of aromatic nitrogens is 3. The maximum Gasteiger partial charge on any atom is 0.216 e. The van der Waals surface area contributed by atoms with Crippen LogP contribution in [0.5, 0.6) is 0 Å². The fourth-order valence-corrected chi connectivity index (χ4v) is 2.19. The second-order valence-corrected chi connectivity index (χ2v) is 4.90. The van der Waals surface area contributed by atoms with Gasteiger partial charge in [-0.25, -0.2) is 4.39 Å². The van der Waals surface area contributed by atoms with Gasteiger partial charge in [0.2, 0.25) is 4.77 Å². The number of halogens is 1. The number of aromatic amines is 1. The molecule has 2 aromatic rings. The lowest BCUT2D eigenvalue weighted by Gasteiger charge is -2.10. The molecule has 106 valence electrons. The van der Waals surface area contributed by atoms with Gasteiger partial charge < -0.3 is 0 Å². The summed E-state index contributed by atoms with van der Waals surface area (Å²) in [7, 11) is 0. The van der Waals surface area contributed by atoms with Gasteiger partial charge >= 0.3 is 0 Å². The van der Waals surface area contributed by atoms with E-state index in [1.54, 1.807) is 23.0 Å². The Bertz CT molecular complexity index is 638. The lowest BCUT2D eigenvalue weighted by atomic mass is 10.0. The lowest BCUT2D eigenvalue weighted by Crippen LogP contribution is -2.05. The van der Waals surface area contributed by atoms with Crippen molar-refractivity contribution in [3.05, 3.63) is 46.2 Å². The zero-order valence-electron chi connectivity index (χ0n) is 11.5. The first-order chi connectivity index (χ1) is 9.65. The number of nitrogens with zero attached hydrogens (tertiary/aromatic N) is 3. The maximum atomic E-state index is 12.8. The van der Waals surface area contributed by atoms with Crippen LogP contribution in [-0.4, -0.2) is 21.1 Å². The van der Waals surface area contributed by atoms with Crippen molar-refractivity contribution in [2.45, 2.75) is 32.6 Å². The fourth-order valence-electron chi connectivity index (χ4n) is 2.01. The highest BCUT2D eigenvalue weighted by molar-refractivity contribution is 7.71. The van der Waals surface area contributed by atoms with Crippen LogP contribution in [-0.2, 0) is 0 Å². The summed E-state index contributed by atoms with van der Waals surface area (Å²) in [6.07, 6.45) is 3.60. The van der Waals surface area contributed by atoms with Gasteiger partial charge in [0.05, 0.1) is 6.21 Å². The van der Waals surface area contributed by atoms with Crippen LogP contribution in [0.2, 0.25) is 0 Å². The van der Waals surface area contributed by atoms with Crippen molar-refractivity contribution in [2.75, 3.05) is 0 Å². The van der Waals surface area contributed by atoms with Gasteiger partial charge in [0.1, 0.15) is 5.82 Å². The molecule has 0 saturated carbocycles. The second-order valence-electron chi connectivity index (χ2n) is 4.51. The summed E-state index contributed by atoms with van der Waals surface area (Å²) in [5.74, 6) is 0.881. The average Bonchev–Trinajstić information content (AvgIpc) is 2.81. The first-order valence-electron chi connectivity index (χ1n) is 6.63. The molecule has 4 nitrogen and oxygen atoms in total. The highest BCUT2D eigenvalue weighted by atomic mass is 32.1. The van der Waals surface area contributed by atoms with Gasteiger partial charge in [-0.15, -0.1) is 0 Å². The first-order valence-corrected chi connectivity index (χ1v) is 7.03. The van der Waals surface area contributed by atoms with Crippen LogP contribution in [0.15, 0.2) is 29.4 Å². The van der Waals surface area contributed by atoms with Crippen LogP contribution >= 0.6 is 12.2 Å². The highest BCUT2D eigenvalue weighted by Crippen LogP contribution is 2.20. The Labute approximate surface area is 122 Å². The van der Waals surface area contributed by atoms with E-state index in [0.717, 1.165) is 24.2 Å². The molecular weight excluding hydrogens is 275 g/mol. The molecule has 1 N–H and O–H groups in total. The number of H-pyrrole nitrogens is 1. The zero-order chi connectivity index (χ0) is 14.5. The van der Waals surface area contributed by atoms with Crippen molar-refractivity contribution >= 4 is 18.4 Å². The first kappa shape index (κ1) is 14.6. The number of benzene rings is 1. The summed E-state index contributed by atoms with van der Waals surface area (Å²) in [5.41, 5.74) is 0.810. The van der Waals surface area contributed by atoms with E-state index in [1.165, 1.54) is 12.1 Å². The number of hydrogen-bond donors (Lipinski definition) is 1. The predicted octanol–water partition coefficient (Wildman–Crippen LogP) is 3.87. The molecule has 6 heteroatoms. The Balaban J connectivity index is 2.31. The minimum atomic E-state index is -0.264. The van der Waals surface area contributed by atoms with Crippen molar-refractivity contribution in [1.29, 1.82) is 0 Å². The number of hydrogen-bond acceptors (Lipinski definition) is 3. The van der Waals surface area contributed by atoms with Crippen molar-refractivity contribution in [3.63, 3.8) is 0 Å². The molecule has 0 aliphatic carbocycles. The molecule has 1 aromatic carbocycles. The van der Waals surface area contributed by atoms with Crippen molar-refractivity contribution in [3.8, 4) is 0 Å². The van der Waals surface area contributed by atoms with Crippen LogP contribution in [0.1, 0.15) is 44.0 Å². The molecule has 1 heterocycles. The number of nitrogens with one attached hydrogen (secondary N) is 1. The molecule has 2 rings (SSSR count). The molecule has 1 aromatic heterocycles. The molecular formula is C14H17FN4S. The Morgan fingerprint density at radius 1 is 1.35 bits per heavy atom. The quantitative estimate of drug-likeness (QED) is 0.671. The molecule has 0 spiro atoms. The highest BCUT2D eigenvalue weighted by Gasteiger charge is 2.14. The van der Waals surface area contributed by atoms with Crippen molar-refractivity contribution in [2.24, 2.45) is 5.10 Å². The molecule has 0 fully saturated rings. The average molecular weight is 292 g/mol. The molecule has 0 radical (unpaired) electrons. The molecule has 0 bridgehead atoms. The molecule has 0 unspecified atom stereocenters. The Morgan fingerprint density at radius 3 is 2.60 bits per heavy atom. The summed E-state index contributed by atoms with van der Waals surface area (Å²) in [4.78, 5) is 0. The second kappa shape index (κ2) is 6.56. The molecule has 0 aliphatic heterocycles. The van der Waals surface area contributed by atoms with E-state index < -0.39 is 0 Å². The summed E-state index contributed by atoms with van der Waals surface area (Å²) < 4.78 is 14.9. The summed E-state index contributed by atoms with van der Waals surface area (Å²) in [5, 5.41) is 11.4. The molecule has 0 amide bonds. The van der Waals surface area contributed by atoms with E-state index >= 15 is 0 Å². The lowest BCUT2D eigenvalue weighted by molar-refractivity contribution is 0.571. The smallest absolute Gasteiger partial charge is 0.216 e. The van der Waals surface area contributed by atoms with Gasteiger partial charge in [0.25, 0.3) is 0 Å². The van der Waals surface area contributed by atoms with E-state index in [2.05, 4.69) is 29.1 Å². The van der Waals surface area contributed by atoms with E-state index in [-0.39, 0.29) is 5.82 Å². The Morgan fingerprint density at radius 2 is 2.00 bits per heavy atom. The predicted molar refractivity (Wildman–Crippen MR) is 80.1 cm³/mol. The zero-order valence-corrected chi connectivity index (χ0v) is 12.3. The SMILES string of the molecule is CCC(CC)c1n[nH]c(=S)n1/N=C\c1ccc(F)cc1. The van der Waals surface area contributed by atoms with E-state index in [0.29, 0.717) is 10.7 Å². The van der Waals surface area contributed by atoms with Gasteiger partial charge in [-0.05, 0) is 42.8 Å². The Kier molecular flexibility index (Phi) is 4.79. The van der Waals surface area contributed by atoms with E-state index in [9.17, 15) is 4.39 Å². The minimum absolute atomic E-state index is 0.264. The van der Waals surface area contributed by atoms with Gasteiger partial charge in [-0.3, -0.25) is 5.10 Å². The normalized spacial score (nSPS) is 11.6. The van der Waals surface area contributed by atoms with Crippen LogP contribution in [0.3, 0.4) is 0 Å². The van der Waals surface area contributed by atoms with Crippen molar-refractivity contribution < 1.29 is 4.39 Å². The van der Waals surface area contributed by atoms with Crippen molar-refractivity contribution in [1.82, 2.24) is 14.9 Å². The van der Waals surface area contributed by atoms with Gasteiger partial charge in [0, 0.05) is 5.92 Å². The summed E-state index contributed by atoms with van der Waals surface area (Å²) in [6, 6.07) is 6.13. The fraction of sp³-hybridized carbons (Fsp3) is 0.357. The standard InChI is InChI=1S/C14H17FN4S/c1-3-11(4-2)13-17-18-14(20)19(13)16-9-10-5-7-12(15)8-6-10/h5-9,11H,3-4H2,1-2H3,(H,18,20)/b16-9-. The third-order valence-electron chi connectivity index (χ3n) is 3.22. The van der Waals surface area contributed by atoms with Gasteiger partial charge in [0.15, 0.2) is 5.82 Å².